The van der Waals surface area contributed by atoms with E-state index in [-0.39, 0.29) is 12.5 Å². The average Bonchev–Trinajstić information content (AvgIpc) is 3.11. The lowest BCUT2D eigenvalue weighted by Crippen LogP contribution is -2.76. The van der Waals surface area contributed by atoms with Crippen LogP contribution in [-0.4, -0.2) is 40.2 Å². The van der Waals surface area contributed by atoms with E-state index in [2.05, 4.69) is 10.3 Å². The molecule has 2 unspecified atom stereocenters. The summed E-state index contributed by atoms with van der Waals surface area (Å²) in [6.45, 7) is 6.01. The Kier molecular flexibility index (Phi) is 4.63. The number of rotatable bonds is 6. The topological polar surface area (TPSA) is 91.4 Å². The predicted octanol–water partition coefficient (Wildman–Crippen LogP) is 3.07. The Morgan fingerprint density at radius 1 is 1.23 bits per heavy atom. The zero-order valence-electron chi connectivity index (χ0n) is 15.2. The lowest BCUT2D eigenvalue weighted by atomic mass is 9.54. The number of hydrogen-bond acceptors (Lipinski definition) is 3. The molecule has 1 aromatic carbocycles. The Hall–Kier alpha value is -2.60. The molecular weight excluding hydrogens is 332 g/mol. The molecule has 2 atom stereocenters. The number of benzene rings is 1. The first-order chi connectivity index (χ1) is 12.3. The average molecular weight is 356 g/mol. The van der Waals surface area contributed by atoms with Crippen molar-refractivity contribution in [3.63, 3.8) is 0 Å². The Morgan fingerprint density at radius 2 is 1.92 bits per heavy atom. The van der Waals surface area contributed by atoms with Gasteiger partial charge in [-0.15, -0.1) is 0 Å². The number of amides is 1. The van der Waals surface area contributed by atoms with Gasteiger partial charge in [0.15, 0.2) is 0 Å². The molecule has 6 nitrogen and oxygen atoms in total. The van der Waals surface area contributed by atoms with Gasteiger partial charge in [0.1, 0.15) is 11.2 Å². The van der Waals surface area contributed by atoms with Crippen LogP contribution in [0.15, 0.2) is 42.5 Å². The molecule has 3 rings (SSSR count). The normalized spacial score (nSPS) is 23.9. The maximum atomic E-state index is 12.7. The molecule has 0 aliphatic heterocycles. The SMILES string of the molecule is CCOC1CC(NC(=O)c2ccc(-c3ccccc3)[nH]2)(C(=O)O)C1(C)C. The van der Waals surface area contributed by atoms with E-state index in [0.717, 1.165) is 11.3 Å². The number of hydrogen-bond donors (Lipinski definition) is 3. The highest BCUT2D eigenvalue weighted by Crippen LogP contribution is 2.51. The Morgan fingerprint density at radius 3 is 2.50 bits per heavy atom. The number of carbonyl (C=O) groups is 2. The molecule has 6 heteroatoms. The molecule has 1 aliphatic carbocycles. The fraction of sp³-hybridized carbons (Fsp3) is 0.400. The quantitative estimate of drug-likeness (QED) is 0.742. The van der Waals surface area contributed by atoms with Crippen molar-refractivity contribution >= 4 is 11.9 Å². The summed E-state index contributed by atoms with van der Waals surface area (Å²) in [6, 6.07) is 13.1. The van der Waals surface area contributed by atoms with Crippen molar-refractivity contribution in [1.29, 1.82) is 0 Å². The lowest BCUT2D eigenvalue weighted by molar-refractivity contribution is -0.190. The van der Waals surface area contributed by atoms with Crippen LogP contribution in [0.5, 0.6) is 0 Å². The smallest absolute Gasteiger partial charge is 0.330 e. The second kappa shape index (κ2) is 6.61. The third kappa shape index (κ3) is 2.80. The minimum Gasteiger partial charge on any atom is -0.479 e. The number of carboxylic acids is 1. The summed E-state index contributed by atoms with van der Waals surface area (Å²) in [5.41, 5.74) is 0.0431. The molecule has 0 spiro atoms. The number of ether oxygens (including phenoxy) is 1. The van der Waals surface area contributed by atoms with Crippen LogP contribution in [0.1, 0.15) is 37.7 Å². The van der Waals surface area contributed by atoms with E-state index in [1.54, 1.807) is 6.07 Å². The molecule has 0 saturated heterocycles. The first-order valence-electron chi connectivity index (χ1n) is 8.74. The highest BCUT2D eigenvalue weighted by Gasteiger charge is 2.66. The first-order valence-corrected chi connectivity index (χ1v) is 8.74. The number of H-pyrrole nitrogens is 1. The van der Waals surface area contributed by atoms with Crippen LogP contribution in [0.4, 0.5) is 0 Å². The van der Waals surface area contributed by atoms with Gasteiger partial charge in [-0.1, -0.05) is 44.2 Å². The zero-order valence-corrected chi connectivity index (χ0v) is 15.2. The third-order valence-electron chi connectivity index (χ3n) is 5.47. The number of nitrogens with one attached hydrogen (secondary N) is 2. The van der Waals surface area contributed by atoms with Gasteiger partial charge in [-0.3, -0.25) is 4.79 Å². The number of aromatic amines is 1. The van der Waals surface area contributed by atoms with Gasteiger partial charge in [-0.2, -0.15) is 0 Å². The number of aromatic nitrogens is 1. The largest absolute Gasteiger partial charge is 0.479 e. The van der Waals surface area contributed by atoms with Gasteiger partial charge < -0.3 is 20.1 Å². The third-order valence-corrected chi connectivity index (χ3v) is 5.47. The van der Waals surface area contributed by atoms with E-state index >= 15 is 0 Å². The minimum absolute atomic E-state index is 0.201. The van der Waals surface area contributed by atoms with Crippen LogP contribution < -0.4 is 5.32 Å². The first kappa shape index (κ1) is 18.2. The van der Waals surface area contributed by atoms with E-state index in [0.29, 0.717) is 12.3 Å². The second-order valence-corrected chi connectivity index (χ2v) is 7.19. The molecule has 3 N–H and O–H groups in total. The van der Waals surface area contributed by atoms with Gasteiger partial charge in [0, 0.05) is 24.1 Å². The summed E-state index contributed by atoms with van der Waals surface area (Å²) in [5.74, 6) is -1.47. The summed E-state index contributed by atoms with van der Waals surface area (Å²) in [5, 5.41) is 12.5. The zero-order chi connectivity index (χ0) is 18.9. The fourth-order valence-electron chi connectivity index (χ4n) is 3.61. The van der Waals surface area contributed by atoms with Crippen LogP contribution in [0.25, 0.3) is 11.3 Å². The van der Waals surface area contributed by atoms with Gasteiger partial charge in [0.25, 0.3) is 5.91 Å². The van der Waals surface area contributed by atoms with Crippen molar-refractivity contribution < 1.29 is 19.4 Å². The molecule has 1 aromatic heterocycles. The molecule has 2 aromatic rings. The monoisotopic (exact) mass is 356 g/mol. The van der Waals surface area contributed by atoms with Crippen molar-refractivity contribution in [2.45, 2.75) is 38.8 Å². The molecule has 1 saturated carbocycles. The fourth-order valence-corrected chi connectivity index (χ4v) is 3.61. The highest BCUT2D eigenvalue weighted by molar-refractivity contribution is 5.98. The molecule has 1 aliphatic rings. The Labute approximate surface area is 152 Å². The van der Waals surface area contributed by atoms with Gasteiger partial charge in [0.2, 0.25) is 0 Å². The van der Waals surface area contributed by atoms with Crippen LogP contribution >= 0.6 is 0 Å². The van der Waals surface area contributed by atoms with Crippen LogP contribution in [0.3, 0.4) is 0 Å². The van der Waals surface area contributed by atoms with E-state index < -0.39 is 22.8 Å². The van der Waals surface area contributed by atoms with Crippen LogP contribution in [0, 0.1) is 5.41 Å². The molecule has 1 heterocycles. The van der Waals surface area contributed by atoms with Crippen molar-refractivity contribution in [3.8, 4) is 11.3 Å². The van der Waals surface area contributed by atoms with Gasteiger partial charge in [-0.25, -0.2) is 4.79 Å². The van der Waals surface area contributed by atoms with Gasteiger partial charge >= 0.3 is 5.97 Å². The predicted molar refractivity (Wildman–Crippen MR) is 97.9 cm³/mol. The van der Waals surface area contributed by atoms with Crippen molar-refractivity contribution in [1.82, 2.24) is 10.3 Å². The van der Waals surface area contributed by atoms with Gasteiger partial charge in [-0.05, 0) is 24.6 Å². The summed E-state index contributed by atoms with van der Waals surface area (Å²) in [7, 11) is 0. The van der Waals surface area contributed by atoms with E-state index in [1.165, 1.54) is 0 Å². The molecule has 0 bridgehead atoms. The van der Waals surface area contributed by atoms with Crippen molar-refractivity contribution in [2.24, 2.45) is 5.41 Å². The molecular formula is C20H24N2O4. The standard InChI is InChI=1S/C20H24N2O4/c1-4-26-16-12-20(18(24)25,19(16,2)3)22-17(23)15-11-10-14(21-15)13-8-6-5-7-9-13/h5-11,16,21H,4,12H2,1-3H3,(H,22,23)(H,24,25). The summed E-state index contributed by atoms with van der Waals surface area (Å²) in [4.78, 5) is 27.8. The molecule has 138 valence electrons. The number of aliphatic carboxylic acids is 1. The van der Waals surface area contributed by atoms with Crippen LogP contribution in [-0.2, 0) is 9.53 Å². The summed E-state index contributed by atoms with van der Waals surface area (Å²) >= 11 is 0. The maximum Gasteiger partial charge on any atom is 0.330 e. The molecule has 26 heavy (non-hydrogen) atoms. The van der Waals surface area contributed by atoms with Crippen molar-refractivity contribution in [3.05, 3.63) is 48.2 Å². The maximum absolute atomic E-state index is 12.7. The van der Waals surface area contributed by atoms with Crippen LogP contribution in [0.2, 0.25) is 0 Å². The van der Waals surface area contributed by atoms with E-state index in [4.69, 9.17) is 4.74 Å². The minimum atomic E-state index is -1.35. The molecule has 1 amide bonds. The number of carbonyl (C=O) groups excluding carboxylic acids is 1. The van der Waals surface area contributed by atoms with Crippen molar-refractivity contribution in [2.75, 3.05) is 6.61 Å². The molecule has 1 fully saturated rings. The van der Waals surface area contributed by atoms with E-state index in [9.17, 15) is 14.7 Å². The molecule has 0 radical (unpaired) electrons. The highest BCUT2D eigenvalue weighted by atomic mass is 16.5. The summed E-state index contributed by atoms with van der Waals surface area (Å²) in [6.07, 6.45) is 0.0497. The van der Waals surface area contributed by atoms with Gasteiger partial charge in [0.05, 0.1) is 6.10 Å². The number of carboxylic acid groups (broad SMARTS) is 1. The Bertz CT molecular complexity index is 812. The summed E-state index contributed by atoms with van der Waals surface area (Å²) < 4.78 is 5.63. The second-order valence-electron chi connectivity index (χ2n) is 7.19. The lowest BCUT2D eigenvalue weighted by Gasteiger charge is -2.58. The Balaban J connectivity index is 1.80. The van der Waals surface area contributed by atoms with E-state index in [1.807, 2.05) is 57.2 Å².